The van der Waals surface area contributed by atoms with Crippen LogP contribution in [0.2, 0.25) is 0 Å². The van der Waals surface area contributed by atoms with Gasteiger partial charge < -0.3 is 10.2 Å². The summed E-state index contributed by atoms with van der Waals surface area (Å²) in [5.74, 6) is 0. The summed E-state index contributed by atoms with van der Waals surface area (Å²) in [6.07, 6.45) is 9.27. The van der Waals surface area contributed by atoms with E-state index in [2.05, 4.69) is 42.0 Å². The summed E-state index contributed by atoms with van der Waals surface area (Å²) in [4.78, 5) is 6.90. The molecule has 0 amide bonds. The molecule has 1 atom stereocenters. The Kier molecular flexibility index (Phi) is 5.20. The number of hydrogen-bond acceptors (Lipinski definition) is 3. The Bertz CT molecular complexity index is 389. The maximum atomic E-state index is 4.34. The number of nitrogens with zero attached hydrogens (tertiary/aromatic N) is 2. The van der Waals surface area contributed by atoms with E-state index in [0.29, 0.717) is 12.1 Å². The van der Waals surface area contributed by atoms with Gasteiger partial charge >= 0.3 is 0 Å². The van der Waals surface area contributed by atoms with Gasteiger partial charge in [0.05, 0.1) is 11.9 Å². The average molecular weight is 261 g/mol. The Morgan fingerprint density at radius 3 is 3.00 bits per heavy atom. The first kappa shape index (κ1) is 14.3. The molecule has 1 fully saturated rings. The Hall–Kier alpha value is -1.09. The molecule has 0 aromatic carbocycles. The topological polar surface area (TPSA) is 28.2 Å². The minimum Gasteiger partial charge on any atom is -0.367 e. The highest BCUT2D eigenvalue weighted by molar-refractivity contribution is 5.52. The second kappa shape index (κ2) is 6.90. The number of aromatic nitrogens is 1. The van der Waals surface area contributed by atoms with Crippen LogP contribution >= 0.6 is 0 Å². The second-order valence-corrected chi connectivity index (χ2v) is 5.93. The molecule has 0 bridgehead atoms. The van der Waals surface area contributed by atoms with Crippen LogP contribution in [0, 0.1) is 0 Å². The average Bonchev–Trinajstić information content (AvgIpc) is 2.61. The fourth-order valence-corrected chi connectivity index (χ4v) is 2.77. The molecule has 1 N–H and O–H groups in total. The minimum absolute atomic E-state index is 0.516. The summed E-state index contributed by atoms with van der Waals surface area (Å²) in [6.45, 7) is 8.82. The summed E-state index contributed by atoms with van der Waals surface area (Å²) < 4.78 is 0. The molecular formula is C16H27N3. The van der Waals surface area contributed by atoms with Gasteiger partial charge in [0, 0.05) is 31.4 Å². The van der Waals surface area contributed by atoms with Crippen LogP contribution in [-0.4, -0.2) is 23.6 Å². The zero-order chi connectivity index (χ0) is 13.7. The number of rotatable bonds is 4. The summed E-state index contributed by atoms with van der Waals surface area (Å²) in [6, 6.07) is 3.30. The third-order valence-electron chi connectivity index (χ3n) is 3.95. The van der Waals surface area contributed by atoms with Crippen molar-refractivity contribution in [1.29, 1.82) is 0 Å². The molecule has 19 heavy (non-hydrogen) atoms. The van der Waals surface area contributed by atoms with Gasteiger partial charge in [0.2, 0.25) is 0 Å². The zero-order valence-corrected chi connectivity index (χ0v) is 12.5. The first-order valence-electron chi connectivity index (χ1n) is 7.61. The van der Waals surface area contributed by atoms with Gasteiger partial charge in [-0.25, -0.2) is 0 Å². The monoisotopic (exact) mass is 261 g/mol. The lowest BCUT2D eigenvalue weighted by molar-refractivity contribution is 0.580. The quantitative estimate of drug-likeness (QED) is 0.901. The highest BCUT2D eigenvalue weighted by Crippen LogP contribution is 2.26. The van der Waals surface area contributed by atoms with Gasteiger partial charge in [-0.1, -0.05) is 26.7 Å². The molecule has 106 valence electrons. The van der Waals surface area contributed by atoms with Crippen LogP contribution in [0.15, 0.2) is 18.5 Å². The van der Waals surface area contributed by atoms with Crippen molar-refractivity contribution in [3.05, 3.63) is 24.0 Å². The van der Waals surface area contributed by atoms with Crippen LogP contribution in [0.25, 0.3) is 0 Å². The largest absolute Gasteiger partial charge is 0.367 e. The van der Waals surface area contributed by atoms with Gasteiger partial charge in [-0.2, -0.15) is 0 Å². The predicted molar refractivity (Wildman–Crippen MR) is 81.5 cm³/mol. The molecule has 0 spiro atoms. The molecule has 0 radical (unpaired) electrons. The van der Waals surface area contributed by atoms with E-state index in [1.165, 1.54) is 43.5 Å². The van der Waals surface area contributed by atoms with E-state index in [9.17, 15) is 0 Å². The van der Waals surface area contributed by atoms with Crippen molar-refractivity contribution in [2.75, 3.05) is 11.4 Å². The van der Waals surface area contributed by atoms with Crippen molar-refractivity contribution in [3.63, 3.8) is 0 Å². The third-order valence-corrected chi connectivity index (χ3v) is 3.95. The van der Waals surface area contributed by atoms with Crippen molar-refractivity contribution in [1.82, 2.24) is 10.3 Å². The van der Waals surface area contributed by atoms with E-state index < -0.39 is 0 Å². The maximum Gasteiger partial charge on any atom is 0.0600 e. The van der Waals surface area contributed by atoms with Crippen molar-refractivity contribution >= 4 is 5.69 Å². The number of pyridine rings is 1. The molecular weight excluding hydrogens is 234 g/mol. The van der Waals surface area contributed by atoms with E-state index >= 15 is 0 Å². The summed E-state index contributed by atoms with van der Waals surface area (Å²) >= 11 is 0. The molecule has 1 saturated heterocycles. The van der Waals surface area contributed by atoms with Crippen LogP contribution in [0.5, 0.6) is 0 Å². The molecule has 0 aliphatic carbocycles. The number of anilines is 1. The van der Waals surface area contributed by atoms with E-state index in [1.54, 1.807) is 0 Å². The molecule has 3 nitrogen and oxygen atoms in total. The van der Waals surface area contributed by atoms with Crippen LogP contribution < -0.4 is 10.2 Å². The number of hydrogen-bond donors (Lipinski definition) is 1. The minimum atomic E-state index is 0.516. The summed E-state index contributed by atoms with van der Waals surface area (Å²) in [5.41, 5.74) is 2.70. The SMILES string of the molecule is CC(C)NCc1ccncc1N1CCCCCC1C. The Morgan fingerprint density at radius 2 is 2.21 bits per heavy atom. The van der Waals surface area contributed by atoms with E-state index in [4.69, 9.17) is 0 Å². The maximum absolute atomic E-state index is 4.34. The fourth-order valence-electron chi connectivity index (χ4n) is 2.77. The van der Waals surface area contributed by atoms with Crippen LogP contribution in [0.1, 0.15) is 52.0 Å². The molecule has 1 aromatic rings. The molecule has 1 unspecified atom stereocenters. The highest BCUT2D eigenvalue weighted by Gasteiger charge is 2.19. The lowest BCUT2D eigenvalue weighted by Gasteiger charge is -2.31. The van der Waals surface area contributed by atoms with Crippen LogP contribution in [0.3, 0.4) is 0 Å². The highest BCUT2D eigenvalue weighted by atomic mass is 15.2. The molecule has 1 aliphatic heterocycles. The Morgan fingerprint density at radius 1 is 1.37 bits per heavy atom. The predicted octanol–water partition coefficient (Wildman–Crippen LogP) is 3.35. The lowest BCUT2D eigenvalue weighted by atomic mass is 10.1. The van der Waals surface area contributed by atoms with E-state index in [0.717, 1.165) is 6.54 Å². The van der Waals surface area contributed by atoms with Gasteiger partial charge in [-0.3, -0.25) is 4.98 Å². The lowest BCUT2D eigenvalue weighted by Crippen LogP contribution is -2.34. The van der Waals surface area contributed by atoms with Crippen LogP contribution in [0.4, 0.5) is 5.69 Å². The summed E-state index contributed by atoms with van der Waals surface area (Å²) in [5, 5.41) is 3.52. The van der Waals surface area contributed by atoms with Crippen molar-refractivity contribution in [2.24, 2.45) is 0 Å². The molecule has 2 rings (SSSR count). The van der Waals surface area contributed by atoms with Gasteiger partial charge in [0.1, 0.15) is 0 Å². The van der Waals surface area contributed by atoms with Crippen molar-refractivity contribution in [3.8, 4) is 0 Å². The normalized spacial score (nSPS) is 20.6. The first-order chi connectivity index (χ1) is 9.18. The third kappa shape index (κ3) is 3.93. The van der Waals surface area contributed by atoms with Gasteiger partial charge in [-0.05, 0) is 31.4 Å². The first-order valence-corrected chi connectivity index (χ1v) is 7.61. The standard InChI is InChI=1S/C16H27N3/c1-13(2)18-11-15-8-9-17-12-16(15)19-10-6-4-5-7-14(19)3/h8-9,12-14,18H,4-7,10-11H2,1-3H3. The molecule has 3 heteroatoms. The molecule has 0 saturated carbocycles. The van der Waals surface area contributed by atoms with Crippen molar-refractivity contribution in [2.45, 2.75) is 65.1 Å². The van der Waals surface area contributed by atoms with E-state index in [1.807, 2.05) is 12.4 Å². The molecule has 2 heterocycles. The fraction of sp³-hybridized carbons (Fsp3) is 0.688. The van der Waals surface area contributed by atoms with Gasteiger partial charge in [0.15, 0.2) is 0 Å². The molecule has 1 aliphatic rings. The summed E-state index contributed by atoms with van der Waals surface area (Å²) in [7, 11) is 0. The Balaban J connectivity index is 2.17. The van der Waals surface area contributed by atoms with Crippen molar-refractivity contribution < 1.29 is 0 Å². The molecule has 1 aromatic heterocycles. The van der Waals surface area contributed by atoms with E-state index in [-0.39, 0.29) is 0 Å². The zero-order valence-electron chi connectivity index (χ0n) is 12.5. The van der Waals surface area contributed by atoms with Gasteiger partial charge in [0.25, 0.3) is 0 Å². The van der Waals surface area contributed by atoms with Gasteiger partial charge in [-0.15, -0.1) is 0 Å². The Labute approximate surface area is 117 Å². The number of nitrogens with one attached hydrogen (secondary N) is 1. The van der Waals surface area contributed by atoms with Crippen LogP contribution in [-0.2, 0) is 6.54 Å². The smallest absolute Gasteiger partial charge is 0.0600 e. The second-order valence-electron chi connectivity index (χ2n) is 5.93.